The maximum absolute atomic E-state index is 13.2. The van der Waals surface area contributed by atoms with Crippen LogP contribution in [0.2, 0.25) is 0 Å². The van der Waals surface area contributed by atoms with Crippen molar-refractivity contribution in [1.82, 2.24) is 4.98 Å². The van der Waals surface area contributed by atoms with Gasteiger partial charge in [0.1, 0.15) is 18.5 Å². The van der Waals surface area contributed by atoms with Crippen LogP contribution >= 0.6 is 11.3 Å². The van der Waals surface area contributed by atoms with Crippen molar-refractivity contribution in [3.05, 3.63) is 35.5 Å². The van der Waals surface area contributed by atoms with E-state index in [9.17, 15) is 22.4 Å². The van der Waals surface area contributed by atoms with Crippen LogP contribution in [0.15, 0.2) is 29.6 Å². The van der Waals surface area contributed by atoms with Crippen LogP contribution in [0.4, 0.5) is 22.7 Å². The molecule has 0 radical (unpaired) electrons. The first kappa shape index (κ1) is 17.4. The van der Waals surface area contributed by atoms with Gasteiger partial charge in [0.25, 0.3) is 5.91 Å². The fraction of sp³-hybridized carbons (Fsp3) is 0.286. The Morgan fingerprint density at radius 2 is 2.17 bits per heavy atom. The Kier molecular flexibility index (Phi) is 5.32. The van der Waals surface area contributed by atoms with Gasteiger partial charge >= 0.3 is 6.18 Å². The molecule has 9 heteroatoms. The number of ether oxygens (including phenoxy) is 1. The summed E-state index contributed by atoms with van der Waals surface area (Å²) in [4.78, 5) is 15.8. The van der Waals surface area contributed by atoms with Crippen molar-refractivity contribution in [1.29, 1.82) is 0 Å². The second kappa shape index (κ2) is 7.05. The topological polar surface area (TPSA) is 51.2 Å². The molecular formula is C14H12F4N2O2S. The Labute approximate surface area is 133 Å². The number of carbonyl (C=O) groups is 1. The highest BCUT2D eigenvalue weighted by molar-refractivity contribution is 7.14. The number of amides is 1. The summed E-state index contributed by atoms with van der Waals surface area (Å²) in [5.41, 5.74) is 0.983. The van der Waals surface area contributed by atoms with Gasteiger partial charge in [-0.05, 0) is 19.1 Å². The van der Waals surface area contributed by atoms with Gasteiger partial charge in [-0.2, -0.15) is 13.2 Å². The number of aromatic nitrogens is 1. The average Bonchev–Trinajstić information content (AvgIpc) is 2.92. The smallest absolute Gasteiger partial charge is 0.359 e. The second-order valence-corrected chi connectivity index (χ2v) is 5.46. The van der Waals surface area contributed by atoms with E-state index in [1.165, 1.54) is 25.1 Å². The van der Waals surface area contributed by atoms with Gasteiger partial charge in [0.2, 0.25) is 0 Å². The van der Waals surface area contributed by atoms with Gasteiger partial charge in [0, 0.05) is 10.9 Å². The first-order valence-electron chi connectivity index (χ1n) is 6.45. The van der Waals surface area contributed by atoms with Crippen LogP contribution < -0.4 is 5.32 Å². The van der Waals surface area contributed by atoms with Crippen LogP contribution in [0.3, 0.4) is 0 Å². The maximum Gasteiger partial charge on any atom is 0.411 e. The van der Waals surface area contributed by atoms with Crippen LogP contribution in [0.5, 0.6) is 0 Å². The summed E-state index contributed by atoms with van der Waals surface area (Å²) in [6, 6.07) is 5.75. The van der Waals surface area contributed by atoms with Gasteiger partial charge in [-0.1, -0.05) is 12.1 Å². The Hall–Kier alpha value is -2.00. The molecular weight excluding hydrogens is 336 g/mol. The van der Waals surface area contributed by atoms with Gasteiger partial charge in [-0.25, -0.2) is 9.37 Å². The van der Waals surface area contributed by atoms with Crippen LogP contribution in [0, 0.1) is 5.82 Å². The summed E-state index contributed by atoms with van der Waals surface area (Å²) in [6.07, 6.45) is -5.78. The number of anilines is 1. The Morgan fingerprint density at radius 1 is 1.43 bits per heavy atom. The third-order valence-electron chi connectivity index (χ3n) is 2.72. The van der Waals surface area contributed by atoms with Gasteiger partial charge in [-0.3, -0.25) is 10.1 Å². The predicted octanol–water partition coefficient (Wildman–Crippen LogP) is 3.86. The van der Waals surface area contributed by atoms with E-state index >= 15 is 0 Å². The lowest BCUT2D eigenvalue weighted by molar-refractivity contribution is -0.184. The minimum atomic E-state index is -4.50. The number of nitrogens with one attached hydrogen (secondary N) is 1. The van der Waals surface area contributed by atoms with Crippen molar-refractivity contribution in [3.63, 3.8) is 0 Å². The predicted molar refractivity (Wildman–Crippen MR) is 77.6 cm³/mol. The molecule has 1 amide bonds. The second-order valence-electron chi connectivity index (χ2n) is 4.61. The van der Waals surface area contributed by atoms with Gasteiger partial charge in [-0.15, -0.1) is 11.3 Å². The molecule has 2 rings (SSSR count). The fourth-order valence-electron chi connectivity index (χ4n) is 1.61. The molecule has 1 N–H and O–H groups in total. The minimum absolute atomic E-state index is 0.191. The Bertz CT molecular complexity index is 687. The molecule has 124 valence electrons. The maximum atomic E-state index is 13.2. The molecule has 0 aliphatic heterocycles. The van der Waals surface area contributed by atoms with Gasteiger partial charge < -0.3 is 4.74 Å². The number of halogens is 4. The molecule has 2 aromatic rings. The molecule has 0 aliphatic rings. The molecule has 0 aliphatic carbocycles. The van der Waals surface area contributed by atoms with Crippen molar-refractivity contribution in [2.45, 2.75) is 19.2 Å². The molecule has 1 atom stereocenters. The number of hydrogen-bond acceptors (Lipinski definition) is 4. The van der Waals surface area contributed by atoms with Crippen LogP contribution in [0.25, 0.3) is 11.3 Å². The first-order chi connectivity index (χ1) is 10.7. The van der Waals surface area contributed by atoms with Crippen LogP contribution in [-0.4, -0.2) is 29.8 Å². The summed E-state index contributed by atoms with van der Waals surface area (Å²) in [6.45, 7) is -0.295. The van der Waals surface area contributed by atoms with Crippen molar-refractivity contribution in [2.75, 3.05) is 11.9 Å². The van der Waals surface area contributed by atoms with Crippen LogP contribution in [-0.2, 0) is 9.53 Å². The highest BCUT2D eigenvalue weighted by atomic mass is 32.1. The molecule has 0 fully saturated rings. The molecule has 0 saturated carbocycles. The van der Waals surface area contributed by atoms with E-state index in [0.717, 1.165) is 11.3 Å². The molecule has 1 unspecified atom stereocenters. The first-order valence-corrected chi connectivity index (χ1v) is 7.33. The van der Waals surface area contributed by atoms with Crippen LogP contribution in [0.1, 0.15) is 6.92 Å². The van der Waals surface area contributed by atoms with E-state index in [-0.39, 0.29) is 5.13 Å². The van der Waals surface area contributed by atoms with E-state index < -0.39 is 30.6 Å². The third-order valence-corrected chi connectivity index (χ3v) is 3.48. The zero-order chi connectivity index (χ0) is 17.0. The minimum Gasteiger partial charge on any atom is -0.359 e. The molecule has 23 heavy (non-hydrogen) atoms. The highest BCUT2D eigenvalue weighted by Gasteiger charge is 2.30. The Balaban J connectivity index is 1.97. The molecule has 1 heterocycles. The fourth-order valence-corrected chi connectivity index (χ4v) is 2.34. The largest absolute Gasteiger partial charge is 0.411 e. The summed E-state index contributed by atoms with van der Waals surface area (Å²) < 4.78 is 53.7. The van der Waals surface area contributed by atoms with E-state index in [0.29, 0.717) is 11.3 Å². The standard InChI is InChI=1S/C14H12F4N2O2S/c1-8(22-7-14(16,17)18)12(21)20-13-19-11(6-23-13)9-3-2-4-10(15)5-9/h2-6,8H,7H2,1H3,(H,19,20,21). The van der Waals surface area contributed by atoms with Crippen molar-refractivity contribution in [2.24, 2.45) is 0 Å². The Morgan fingerprint density at radius 3 is 2.83 bits per heavy atom. The van der Waals surface area contributed by atoms with E-state index in [4.69, 9.17) is 0 Å². The lowest BCUT2D eigenvalue weighted by atomic mass is 10.2. The lowest BCUT2D eigenvalue weighted by Crippen LogP contribution is -2.31. The number of alkyl halides is 3. The number of nitrogens with zero attached hydrogens (tertiary/aromatic N) is 1. The average molecular weight is 348 g/mol. The van der Waals surface area contributed by atoms with E-state index in [2.05, 4.69) is 15.0 Å². The highest BCUT2D eigenvalue weighted by Crippen LogP contribution is 2.25. The zero-order valence-electron chi connectivity index (χ0n) is 11.9. The van der Waals surface area contributed by atoms with E-state index in [1.807, 2.05) is 0 Å². The van der Waals surface area contributed by atoms with E-state index in [1.54, 1.807) is 11.4 Å². The molecule has 1 aromatic heterocycles. The molecule has 0 spiro atoms. The summed E-state index contributed by atoms with van der Waals surface area (Å²) >= 11 is 1.08. The normalized spacial score (nSPS) is 12.9. The molecule has 1 aromatic carbocycles. The number of rotatable bonds is 5. The molecule has 4 nitrogen and oxygen atoms in total. The number of carbonyl (C=O) groups excluding carboxylic acids is 1. The van der Waals surface area contributed by atoms with Crippen molar-refractivity contribution in [3.8, 4) is 11.3 Å². The quantitative estimate of drug-likeness (QED) is 0.835. The number of hydrogen-bond donors (Lipinski definition) is 1. The number of benzene rings is 1. The molecule has 0 bridgehead atoms. The van der Waals surface area contributed by atoms with Crippen molar-refractivity contribution < 1.29 is 27.1 Å². The monoisotopic (exact) mass is 348 g/mol. The van der Waals surface area contributed by atoms with Gasteiger partial charge in [0.05, 0.1) is 5.69 Å². The zero-order valence-corrected chi connectivity index (χ0v) is 12.7. The summed E-state index contributed by atoms with van der Waals surface area (Å²) in [5, 5.41) is 4.16. The lowest BCUT2D eigenvalue weighted by Gasteiger charge is -2.13. The summed E-state index contributed by atoms with van der Waals surface area (Å²) in [7, 11) is 0. The molecule has 0 saturated heterocycles. The van der Waals surface area contributed by atoms with Gasteiger partial charge in [0.15, 0.2) is 5.13 Å². The number of thiazole rings is 1. The summed E-state index contributed by atoms with van der Waals surface area (Å²) in [5.74, 6) is -1.16. The van der Waals surface area contributed by atoms with Crippen molar-refractivity contribution >= 4 is 22.4 Å². The third kappa shape index (κ3) is 5.29. The SMILES string of the molecule is CC(OCC(F)(F)F)C(=O)Nc1nc(-c2cccc(F)c2)cs1.